The van der Waals surface area contributed by atoms with Crippen molar-refractivity contribution in [1.29, 1.82) is 0 Å². The van der Waals surface area contributed by atoms with Gasteiger partial charge in [-0.3, -0.25) is 62.3 Å². The number of carbonyl (C=O) groups excluding carboxylic acids is 11. The molecule has 0 saturated heterocycles. The molecule has 5 rings (SSSR count). The second-order valence-electron chi connectivity index (χ2n) is 25.4. The summed E-state index contributed by atoms with van der Waals surface area (Å²) in [5.41, 5.74) is 6.77. The second kappa shape index (κ2) is 38.1. The van der Waals surface area contributed by atoms with Crippen LogP contribution in [0.25, 0.3) is 11.1 Å². The number of rotatable bonds is 39. The number of carboxylic acid groups (broad SMARTS) is 2. The average molecular weight is 1520 g/mol. The number of benzene rings is 4. The van der Waals surface area contributed by atoms with Crippen LogP contribution in [-0.2, 0) is 81.6 Å². The van der Waals surface area contributed by atoms with Crippen LogP contribution in [0.15, 0.2) is 96.3 Å². The van der Waals surface area contributed by atoms with Crippen LogP contribution in [0.2, 0.25) is 0 Å². The molecule has 106 heavy (non-hydrogen) atoms. The molecule has 0 aliphatic carbocycles. The van der Waals surface area contributed by atoms with Crippen LogP contribution in [0, 0.1) is 34.9 Å². The van der Waals surface area contributed by atoms with Crippen molar-refractivity contribution >= 4 is 88.7 Å². The Hall–Kier alpha value is -11.0. The normalized spacial score (nSPS) is 15.0. The Morgan fingerprint density at radius 2 is 1.11 bits per heavy atom. The number of nitrogens with two attached hydrogens (primary N) is 2. The van der Waals surface area contributed by atoms with Gasteiger partial charge in [0.15, 0.2) is 23.3 Å². The fourth-order valence-electron chi connectivity index (χ4n) is 10.0. The van der Waals surface area contributed by atoms with Gasteiger partial charge in [0, 0.05) is 43.3 Å². The molecular formula is C67H80F6N14O18S. The molecule has 11 amide bonds. The predicted octanol–water partition coefficient (Wildman–Crippen LogP) is -1.69. The van der Waals surface area contributed by atoms with E-state index < -0.39 is 232 Å². The SMILES string of the molecule is C[C@@H](O)[C@H](NC(=O)CNC(=O)[C@H](CCC(=O)O)NC(=O)C(C)(C)NC(=O)[C@@H](N)Cc1cnc[nH]1)C(=O)NC(C)(Cc1ccccc1F)C(=O)N[C@H](C(=O)N[C@@H](CO)C(=O)N[C@@H](CC(=O)O)C(=O)NC(C)(CSc1c(F)c(F)c(F)c(F)c1F)C(=O)N[C@@H](Cc1ccc(-c2ccccc2)cc1)C(N)=O)[C@@H](C)O. The molecule has 0 aliphatic heterocycles. The summed E-state index contributed by atoms with van der Waals surface area (Å²) in [6, 6.07) is 6.57. The monoisotopic (exact) mass is 1510 g/mol. The van der Waals surface area contributed by atoms with Crippen molar-refractivity contribution in [2.45, 2.75) is 156 Å². The highest BCUT2D eigenvalue weighted by Crippen LogP contribution is 2.33. The smallest absolute Gasteiger partial charge is 0.305 e. The number of halogens is 6. The molecule has 0 fully saturated rings. The van der Waals surface area contributed by atoms with Gasteiger partial charge in [-0.05, 0) is 76.3 Å². The number of carboxylic acids is 2. The lowest BCUT2D eigenvalue weighted by Gasteiger charge is -2.34. The maximum absolute atomic E-state index is 15.4. The van der Waals surface area contributed by atoms with Gasteiger partial charge in [0.1, 0.15) is 58.7 Å². The first-order chi connectivity index (χ1) is 49.6. The molecule has 574 valence electrons. The minimum Gasteiger partial charge on any atom is -0.481 e. The zero-order valence-electron chi connectivity index (χ0n) is 57.5. The Kier molecular flexibility index (Phi) is 30.8. The summed E-state index contributed by atoms with van der Waals surface area (Å²) in [5.74, 6) is -32.1. The van der Waals surface area contributed by atoms with Crippen LogP contribution in [0.5, 0.6) is 0 Å². The molecule has 1 heterocycles. The third kappa shape index (κ3) is 24.0. The highest BCUT2D eigenvalue weighted by Gasteiger charge is 2.45. The third-order valence-corrected chi connectivity index (χ3v) is 17.5. The van der Waals surface area contributed by atoms with Crippen molar-refractivity contribution in [3.05, 3.63) is 143 Å². The Labute approximate surface area is 604 Å². The molecule has 5 aromatic rings. The molecule has 1 aromatic heterocycles. The van der Waals surface area contributed by atoms with Gasteiger partial charge in [-0.25, -0.2) is 31.3 Å². The maximum atomic E-state index is 15.4. The Balaban J connectivity index is 1.34. The van der Waals surface area contributed by atoms with Gasteiger partial charge in [0.05, 0.1) is 49.0 Å². The number of aliphatic hydroxyl groups is 3. The number of nitrogens with zero attached hydrogens (tertiary/aromatic N) is 1. The number of thioether (sulfide) groups is 1. The molecule has 4 aromatic carbocycles. The molecule has 20 N–H and O–H groups in total. The highest BCUT2D eigenvalue weighted by atomic mass is 32.2. The summed E-state index contributed by atoms with van der Waals surface area (Å²) in [7, 11) is 0. The lowest BCUT2D eigenvalue weighted by molar-refractivity contribution is -0.142. The number of aliphatic carboxylic acids is 2. The molecule has 0 radical (unpaired) electrons. The number of carbonyl (C=O) groups is 13. The minimum absolute atomic E-state index is 0.0147. The maximum Gasteiger partial charge on any atom is 0.305 e. The van der Waals surface area contributed by atoms with E-state index in [1.54, 1.807) is 42.5 Å². The molecule has 32 nitrogen and oxygen atoms in total. The van der Waals surface area contributed by atoms with Crippen LogP contribution >= 0.6 is 11.8 Å². The fraction of sp³-hybridized carbons (Fsp3) is 0.403. The summed E-state index contributed by atoms with van der Waals surface area (Å²) in [6.07, 6.45) is -5.01. The van der Waals surface area contributed by atoms with Crippen molar-refractivity contribution in [1.82, 2.24) is 63.1 Å². The first-order valence-corrected chi connectivity index (χ1v) is 33.1. The number of primary amides is 1. The van der Waals surface area contributed by atoms with Gasteiger partial charge in [0.25, 0.3) is 0 Å². The number of aromatic amines is 1. The summed E-state index contributed by atoms with van der Waals surface area (Å²) in [4.78, 5) is 181. The van der Waals surface area contributed by atoms with Crippen LogP contribution in [-0.4, -0.2) is 202 Å². The number of hydrogen-bond donors (Lipinski definition) is 18. The molecule has 0 aliphatic rings. The van der Waals surface area contributed by atoms with E-state index >= 15 is 13.2 Å². The zero-order chi connectivity index (χ0) is 79.3. The van der Waals surface area contributed by atoms with Crippen molar-refractivity contribution in [3.63, 3.8) is 0 Å². The number of aliphatic hydroxyl groups excluding tert-OH is 3. The van der Waals surface area contributed by atoms with E-state index in [4.69, 9.17) is 11.5 Å². The van der Waals surface area contributed by atoms with E-state index in [0.29, 0.717) is 11.3 Å². The molecule has 39 heteroatoms. The van der Waals surface area contributed by atoms with E-state index in [1.165, 1.54) is 38.5 Å². The van der Waals surface area contributed by atoms with Crippen LogP contribution < -0.4 is 64.6 Å². The first-order valence-electron chi connectivity index (χ1n) is 32.1. The number of imidazole rings is 1. The zero-order valence-corrected chi connectivity index (χ0v) is 58.4. The third-order valence-electron chi connectivity index (χ3n) is 16.1. The molecule has 0 saturated carbocycles. The lowest BCUT2D eigenvalue weighted by atomic mass is 9.90. The van der Waals surface area contributed by atoms with Gasteiger partial charge in [-0.2, -0.15) is 0 Å². The standard InChI is InChI=1S/C67H80F6N14O18S/c1-31(89)52(84-63(104)66(5,25-36-14-10-11-15-38(36)68)87-61(102)53(32(2)90)83-44(91)27-77-57(98)40(20-21-45(92)93)81-62(103)65(3,4)85-56(97)39(74)23-37-26-76-30-78-37)60(101)80-43(28-88)58(99)79-42(24-46(94)95)59(100)86-67(6,29-106-54-50(72)48(70)47(69)49(71)51(54)73)64(105)82-41(55(75)96)22-33-16-18-35(19-17-33)34-12-8-7-9-13-34/h7-19,26,30-32,39-43,52-53,88-90H,20-25,27-29,74H2,1-6H3,(H2,75,96)(H,76,78)(H,77,98)(H,79,99)(H,80,101)(H,81,103)(H,82,105)(H,83,91)(H,84,104)(H,85,97)(H,86,100)(H,87,102)(H,92,93)(H,94,95)/t31-,32-,39+,40+,41+,42+,43+,52+,53+,66?,67?/m1/s1. The number of amides is 11. The summed E-state index contributed by atoms with van der Waals surface area (Å²) >= 11 is -0.221. The van der Waals surface area contributed by atoms with E-state index in [2.05, 4.69) is 52.5 Å². The molecular weight excluding hydrogens is 1430 g/mol. The van der Waals surface area contributed by atoms with E-state index in [1.807, 2.05) is 22.8 Å². The van der Waals surface area contributed by atoms with Crippen molar-refractivity contribution < 1.29 is 114 Å². The molecule has 0 bridgehead atoms. The van der Waals surface area contributed by atoms with Gasteiger partial charge in [-0.15, -0.1) is 11.8 Å². The Morgan fingerprint density at radius 1 is 0.566 bits per heavy atom. The number of nitrogens with one attached hydrogen (secondary N) is 11. The lowest BCUT2D eigenvalue weighted by Crippen LogP contribution is -2.67. The summed E-state index contributed by atoms with van der Waals surface area (Å²) in [6.45, 7) is 3.69. The summed E-state index contributed by atoms with van der Waals surface area (Å²) in [5, 5.41) is 73.3. The number of aromatic nitrogens is 2. The number of hydrogen-bond acceptors (Lipinski definition) is 19. The molecule has 0 spiro atoms. The van der Waals surface area contributed by atoms with Gasteiger partial charge in [0.2, 0.25) is 70.8 Å². The average Bonchev–Trinajstić information content (AvgIpc) is 1.66. The van der Waals surface area contributed by atoms with Gasteiger partial charge >= 0.3 is 11.9 Å². The van der Waals surface area contributed by atoms with Crippen molar-refractivity contribution in [3.8, 4) is 11.1 Å². The Bertz CT molecular complexity index is 4030. The highest BCUT2D eigenvalue weighted by molar-refractivity contribution is 7.99. The van der Waals surface area contributed by atoms with E-state index in [0.717, 1.165) is 51.0 Å². The first kappa shape index (κ1) is 85.6. The van der Waals surface area contributed by atoms with Crippen LogP contribution in [0.3, 0.4) is 0 Å². The molecule has 2 unspecified atom stereocenters. The Morgan fingerprint density at radius 3 is 1.67 bits per heavy atom. The topological polar surface area (TPSA) is 524 Å². The van der Waals surface area contributed by atoms with Gasteiger partial charge in [-0.1, -0.05) is 72.8 Å². The summed E-state index contributed by atoms with van der Waals surface area (Å²) < 4.78 is 88.6. The van der Waals surface area contributed by atoms with Crippen LogP contribution in [0.4, 0.5) is 26.3 Å². The fourth-order valence-corrected chi connectivity index (χ4v) is 11.1. The second-order valence-corrected chi connectivity index (χ2v) is 26.3. The largest absolute Gasteiger partial charge is 0.481 e. The minimum atomic E-state index is -2.71. The predicted molar refractivity (Wildman–Crippen MR) is 362 cm³/mol. The van der Waals surface area contributed by atoms with E-state index in [9.17, 15) is 101 Å². The van der Waals surface area contributed by atoms with Gasteiger partial charge < -0.3 is 95.2 Å². The quantitative estimate of drug-likeness (QED) is 0.00903. The van der Waals surface area contributed by atoms with Crippen molar-refractivity contribution in [2.24, 2.45) is 11.5 Å². The molecule has 11 atom stereocenters. The van der Waals surface area contributed by atoms with E-state index in [-0.39, 0.29) is 30.2 Å². The van der Waals surface area contributed by atoms with Crippen LogP contribution in [0.1, 0.15) is 77.6 Å². The number of H-pyrrole nitrogens is 1. The van der Waals surface area contributed by atoms with Crippen molar-refractivity contribution in [2.75, 3.05) is 18.9 Å².